The number of hydrogen-bond acceptors (Lipinski definition) is 4. The minimum atomic E-state index is -0.489. The fraction of sp³-hybridized carbons (Fsp3) is 0.304. The number of ketones is 1. The molecule has 0 saturated heterocycles. The summed E-state index contributed by atoms with van der Waals surface area (Å²) in [6, 6.07) is 13.4. The molecule has 7 nitrogen and oxygen atoms in total. The molecule has 3 aromatic rings. The summed E-state index contributed by atoms with van der Waals surface area (Å²) in [7, 11) is 0. The number of para-hydroxylation sites is 1. The molecule has 1 amide bonds. The van der Waals surface area contributed by atoms with E-state index in [1.54, 1.807) is 48.5 Å². The van der Waals surface area contributed by atoms with E-state index in [1.165, 1.54) is 16.1 Å². The van der Waals surface area contributed by atoms with E-state index in [2.05, 4.69) is 12.2 Å². The van der Waals surface area contributed by atoms with Crippen LogP contribution >= 0.6 is 0 Å². The van der Waals surface area contributed by atoms with Gasteiger partial charge in [0.1, 0.15) is 6.54 Å². The van der Waals surface area contributed by atoms with E-state index in [0.717, 1.165) is 19.3 Å². The van der Waals surface area contributed by atoms with E-state index in [0.29, 0.717) is 28.7 Å². The van der Waals surface area contributed by atoms with Crippen LogP contribution in [0, 0.1) is 0 Å². The molecule has 0 saturated carbocycles. The van der Waals surface area contributed by atoms with Crippen molar-refractivity contribution in [1.82, 2.24) is 9.13 Å². The fourth-order valence-corrected chi connectivity index (χ4v) is 3.37. The van der Waals surface area contributed by atoms with E-state index in [1.807, 2.05) is 0 Å². The molecule has 2 aromatic carbocycles. The van der Waals surface area contributed by atoms with Crippen LogP contribution in [0.2, 0.25) is 0 Å². The molecule has 1 heterocycles. The topological polar surface area (TPSA) is 90.2 Å². The van der Waals surface area contributed by atoms with Crippen LogP contribution in [0.25, 0.3) is 10.9 Å². The van der Waals surface area contributed by atoms with E-state index < -0.39 is 11.6 Å². The smallest absolute Gasteiger partial charge is 0.325 e. The molecule has 7 heteroatoms. The molecule has 0 aliphatic carbocycles. The standard InChI is InChI=1S/C23H25N3O4/c1-3-4-7-14-25-22(29)19-8-5-6-9-20(19)26(23(25)30)15-21(28)24-18-12-10-17(11-13-18)16(2)27/h5-6,8-13H,3-4,7,14-15H2,1-2H3,(H,24,28). The highest BCUT2D eigenvalue weighted by atomic mass is 16.2. The Morgan fingerprint density at radius 2 is 1.63 bits per heavy atom. The van der Waals surface area contributed by atoms with E-state index in [4.69, 9.17) is 0 Å². The molecule has 3 rings (SSSR count). The van der Waals surface area contributed by atoms with Crippen LogP contribution in [0.15, 0.2) is 58.1 Å². The summed E-state index contributed by atoms with van der Waals surface area (Å²) in [4.78, 5) is 49.8. The zero-order valence-corrected chi connectivity index (χ0v) is 17.2. The summed E-state index contributed by atoms with van der Waals surface area (Å²) in [5, 5.41) is 3.15. The molecule has 0 fully saturated rings. The molecule has 0 bridgehead atoms. The summed E-state index contributed by atoms with van der Waals surface area (Å²) < 4.78 is 2.55. The largest absolute Gasteiger partial charge is 0.331 e. The number of Topliss-reactive ketones (excluding diaryl/α,β-unsaturated/α-hetero) is 1. The minimum Gasteiger partial charge on any atom is -0.325 e. The lowest BCUT2D eigenvalue weighted by molar-refractivity contribution is -0.116. The molecule has 156 valence electrons. The Morgan fingerprint density at radius 1 is 0.933 bits per heavy atom. The second-order valence-corrected chi connectivity index (χ2v) is 7.23. The lowest BCUT2D eigenvalue weighted by Crippen LogP contribution is -2.41. The van der Waals surface area contributed by atoms with Gasteiger partial charge in [0.25, 0.3) is 5.56 Å². The van der Waals surface area contributed by atoms with Crippen LogP contribution in [0.1, 0.15) is 43.5 Å². The molecule has 30 heavy (non-hydrogen) atoms. The number of unbranched alkanes of at least 4 members (excludes halogenated alkanes) is 2. The molecule has 0 radical (unpaired) electrons. The van der Waals surface area contributed by atoms with Crippen molar-refractivity contribution in [2.24, 2.45) is 0 Å². The van der Waals surface area contributed by atoms with Gasteiger partial charge in [-0.25, -0.2) is 4.79 Å². The van der Waals surface area contributed by atoms with Crippen LogP contribution in [0.4, 0.5) is 5.69 Å². The lowest BCUT2D eigenvalue weighted by Gasteiger charge is -2.14. The van der Waals surface area contributed by atoms with Gasteiger partial charge in [-0.2, -0.15) is 0 Å². The number of rotatable bonds is 8. The maximum absolute atomic E-state index is 13.0. The van der Waals surface area contributed by atoms with Crippen molar-refractivity contribution >= 4 is 28.3 Å². The molecular weight excluding hydrogens is 382 g/mol. The summed E-state index contributed by atoms with van der Waals surface area (Å²) in [5.41, 5.74) is 0.689. The average molecular weight is 407 g/mol. The SMILES string of the molecule is CCCCCn1c(=O)c2ccccc2n(CC(=O)Nc2ccc(C(C)=O)cc2)c1=O. The first-order valence-corrected chi connectivity index (χ1v) is 10.1. The Kier molecular flexibility index (Phi) is 6.61. The van der Waals surface area contributed by atoms with Gasteiger partial charge in [-0.3, -0.25) is 23.5 Å². The summed E-state index contributed by atoms with van der Waals surface area (Å²) in [5.74, 6) is -0.451. The third-order valence-corrected chi connectivity index (χ3v) is 4.99. The predicted molar refractivity (Wildman–Crippen MR) is 117 cm³/mol. The van der Waals surface area contributed by atoms with Gasteiger partial charge >= 0.3 is 5.69 Å². The van der Waals surface area contributed by atoms with Crippen LogP contribution in [-0.2, 0) is 17.9 Å². The number of nitrogens with one attached hydrogen (secondary N) is 1. The number of nitrogens with zero attached hydrogens (tertiary/aromatic N) is 2. The molecule has 0 spiro atoms. The Balaban J connectivity index is 1.92. The van der Waals surface area contributed by atoms with E-state index >= 15 is 0 Å². The molecule has 1 N–H and O–H groups in total. The van der Waals surface area contributed by atoms with E-state index in [9.17, 15) is 19.2 Å². The van der Waals surface area contributed by atoms with Gasteiger partial charge in [0, 0.05) is 17.8 Å². The van der Waals surface area contributed by atoms with Gasteiger partial charge in [0.15, 0.2) is 5.78 Å². The maximum Gasteiger partial charge on any atom is 0.331 e. The normalized spacial score (nSPS) is 10.9. The summed E-state index contributed by atoms with van der Waals surface area (Å²) >= 11 is 0. The van der Waals surface area contributed by atoms with Gasteiger partial charge < -0.3 is 5.32 Å². The Morgan fingerprint density at radius 3 is 2.30 bits per heavy atom. The molecular formula is C23H25N3O4. The number of anilines is 1. The Hall–Kier alpha value is -3.48. The van der Waals surface area contributed by atoms with Gasteiger partial charge in [-0.15, -0.1) is 0 Å². The zero-order chi connectivity index (χ0) is 21.7. The maximum atomic E-state index is 13.0. The Labute approximate surface area is 174 Å². The minimum absolute atomic E-state index is 0.0590. The molecule has 0 atom stereocenters. The third-order valence-electron chi connectivity index (χ3n) is 4.99. The molecule has 1 aromatic heterocycles. The second-order valence-electron chi connectivity index (χ2n) is 7.23. The van der Waals surface area contributed by atoms with Crippen molar-refractivity contribution in [3.63, 3.8) is 0 Å². The van der Waals surface area contributed by atoms with Gasteiger partial charge in [0.2, 0.25) is 5.91 Å². The first kappa shape index (κ1) is 21.2. The number of fused-ring (bicyclic) bond motifs is 1. The van der Waals surface area contributed by atoms with Crippen molar-refractivity contribution in [2.45, 2.75) is 46.2 Å². The third kappa shape index (κ3) is 4.56. The average Bonchev–Trinajstić information content (AvgIpc) is 2.74. The summed E-state index contributed by atoms with van der Waals surface area (Å²) in [6.07, 6.45) is 2.61. The van der Waals surface area contributed by atoms with Gasteiger partial charge in [0.05, 0.1) is 10.9 Å². The fourth-order valence-electron chi connectivity index (χ4n) is 3.37. The van der Waals surface area contributed by atoms with Crippen LogP contribution < -0.4 is 16.6 Å². The highest BCUT2D eigenvalue weighted by Gasteiger charge is 2.15. The summed E-state index contributed by atoms with van der Waals surface area (Å²) in [6.45, 7) is 3.63. The van der Waals surface area contributed by atoms with Crippen LogP contribution in [0.3, 0.4) is 0 Å². The Bertz CT molecular complexity index is 1190. The molecule has 0 aliphatic heterocycles. The number of aromatic nitrogens is 2. The monoisotopic (exact) mass is 407 g/mol. The van der Waals surface area contributed by atoms with Crippen molar-refractivity contribution < 1.29 is 9.59 Å². The quantitative estimate of drug-likeness (QED) is 0.459. The number of amides is 1. The van der Waals surface area contributed by atoms with Gasteiger partial charge in [-0.1, -0.05) is 31.9 Å². The number of hydrogen-bond donors (Lipinski definition) is 1. The number of carbonyl (C=O) groups excluding carboxylic acids is 2. The first-order valence-electron chi connectivity index (χ1n) is 10.1. The second kappa shape index (κ2) is 9.35. The van der Waals surface area contributed by atoms with Crippen molar-refractivity contribution in [3.05, 3.63) is 74.9 Å². The predicted octanol–water partition coefficient (Wildman–Crippen LogP) is 3.19. The van der Waals surface area contributed by atoms with Crippen molar-refractivity contribution in [1.29, 1.82) is 0 Å². The highest BCUT2D eigenvalue weighted by Crippen LogP contribution is 2.12. The number of benzene rings is 2. The molecule has 0 aliphatic rings. The number of carbonyl (C=O) groups is 2. The van der Waals surface area contributed by atoms with Crippen molar-refractivity contribution in [2.75, 3.05) is 5.32 Å². The van der Waals surface area contributed by atoms with Crippen LogP contribution in [-0.4, -0.2) is 20.8 Å². The van der Waals surface area contributed by atoms with E-state index in [-0.39, 0.29) is 17.9 Å². The lowest BCUT2D eigenvalue weighted by atomic mass is 10.1. The highest BCUT2D eigenvalue weighted by molar-refractivity contribution is 5.95. The molecule has 0 unspecified atom stereocenters. The van der Waals surface area contributed by atoms with Crippen LogP contribution in [0.5, 0.6) is 0 Å². The first-order chi connectivity index (χ1) is 14.4. The zero-order valence-electron chi connectivity index (χ0n) is 17.2. The van der Waals surface area contributed by atoms with Crippen molar-refractivity contribution in [3.8, 4) is 0 Å². The van der Waals surface area contributed by atoms with Gasteiger partial charge in [-0.05, 0) is 49.7 Å².